The van der Waals surface area contributed by atoms with Crippen LogP contribution in [0, 0.1) is 0 Å². The van der Waals surface area contributed by atoms with Crippen LogP contribution in [0.1, 0.15) is 0 Å². The molecule has 0 rings (SSSR count). The summed E-state index contributed by atoms with van der Waals surface area (Å²) < 4.78 is 23.4. The van der Waals surface area contributed by atoms with Gasteiger partial charge in [-0.2, -0.15) is 8.42 Å². The third kappa shape index (κ3) is 7.85. The first kappa shape index (κ1) is 8.85. The Bertz CT molecular complexity index is 158. The number of hydrogen-bond acceptors (Lipinski definition) is 6. The van der Waals surface area contributed by atoms with Gasteiger partial charge in [0.2, 0.25) is 0 Å². The normalized spacial score (nSPS) is 11.4. The van der Waals surface area contributed by atoms with Crippen molar-refractivity contribution in [1.29, 1.82) is 0 Å². The minimum Gasteiger partial charge on any atom is -0.400 e. The molecule has 9 heavy (non-hydrogen) atoms. The SMILES string of the molecule is CS(=O)(=O)OOB(O)O. The second kappa shape index (κ2) is 3.13. The molecule has 0 aliphatic heterocycles. The van der Waals surface area contributed by atoms with Gasteiger partial charge in [0, 0.05) is 0 Å². The fourth-order valence-electron chi connectivity index (χ4n) is 0.106. The Hall–Kier alpha value is -0.145. The van der Waals surface area contributed by atoms with Crippen LogP contribution in [0.3, 0.4) is 0 Å². The Morgan fingerprint density at radius 2 is 1.89 bits per heavy atom. The van der Waals surface area contributed by atoms with Gasteiger partial charge >= 0.3 is 7.32 Å². The van der Waals surface area contributed by atoms with Crippen LogP contribution >= 0.6 is 0 Å². The van der Waals surface area contributed by atoms with Gasteiger partial charge in [-0.3, -0.25) is 0 Å². The Morgan fingerprint density at radius 3 is 2.00 bits per heavy atom. The lowest BCUT2D eigenvalue weighted by Crippen LogP contribution is -2.19. The van der Waals surface area contributed by atoms with Crippen LogP contribution in [0.4, 0.5) is 0 Å². The molecular formula is CH5BO6S. The van der Waals surface area contributed by atoms with Gasteiger partial charge in [-0.1, -0.05) is 0 Å². The minimum absolute atomic E-state index is 0.704. The van der Waals surface area contributed by atoms with Crippen molar-refractivity contribution in [3.05, 3.63) is 0 Å². The first-order chi connectivity index (χ1) is 3.92. The molecule has 0 radical (unpaired) electrons. The smallest absolute Gasteiger partial charge is 0.400 e. The summed E-state index contributed by atoms with van der Waals surface area (Å²) >= 11 is 0. The highest BCUT2D eigenvalue weighted by Gasteiger charge is 2.13. The predicted molar refractivity (Wildman–Crippen MR) is 27.2 cm³/mol. The van der Waals surface area contributed by atoms with Crippen LogP contribution in [-0.2, 0) is 19.3 Å². The van der Waals surface area contributed by atoms with E-state index in [9.17, 15) is 8.42 Å². The van der Waals surface area contributed by atoms with Gasteiger partial charge in [-0.25, -0.2) is 4.81 Å². The van der Waals surface area contributed by atoms with E-state index in [-0.39, 0.29) is 0 Å². The average Bonchev–Trinajstić information content (AvgIpc) is 1.59. The summed E-state index contributed by atoms with van der Waals surface area (Å²) in [5.74, 6) is 0. The van der Waals surface area contributed by atoms with Crippen LogP contribution in [0.25, 0.3) is 0 Å². The Labute approximate surface area is 52.2 Å². The van der Waals surface area contributed by atoms with Crippen molar-refractivity contribution in [3.63, 3.8) is 0 Å². The van der Waals surface area contributed by atoms with Gasteiger partial charge in [-0.05, 0) is 0 Å². The van der Waals surface area contributed by atoms with Crippen molar-refractivity contribution in [3.8, 4) is 0 Å². The fourth-order valence-corrected chi connectivity index (χ4v) is 0.319. The van der Waals surface area contributed by atoms with E-state index in [2.05, 4.69) is 9.14 Å². The topological polar surface area (TPSA) is 93.1 Å². The largest absolute Gasteiger partial charge is 0.663 e. The van der Waals surface area contributed by atoms with Gasteiger partial charge in [0.15, 0.2) is 0 Å². The van der Waals surface area contributed by atoms with Crippen molar-refractivity contribution in [1.82, 2.24) is 0 Å². The summed E-state index contributed by atoms with van der Waals surface area (Å²) in [4.78, 5) is 3.43. The molecule has 0 fully saturated rings. The molecule has 0 atom stereocenters. The molecule has 0 heterocycles. The quantitative estimate of drug-likeness (QED) is 0.275. The number of rotatable bonds is 3. The van der Waals surface area contributed by atoms with E-state index in [1.165, 1.54) is 0 Å². The monoisotopic (exact) mass is 156 g/mol. The molecule has 0 aromatic rings. The molecule has 0 amide bonds. The molecule has 0 unspecified atom stereocenters. The molecule has 0 saturated heterocycles. The van der Waals surface area contributed by atoms with E-state index in [0.717, 1.165) is 0 Å². The number of hydrogen-bond donors (Lipinski definition) is 2. The summed E-state index contributed by atoms with van der Waals surface area (Å²) in [6.45, 7) is 0. The predicted octanol–water partition coefficient (Wildman–Crippen LogP) is -2.14. The van der Waals surface area contributed by atoms with Crippen LogP contribution < -0.4 is 0 Å². The summed E-state index contributed by atoms with van der Waals surface area (Å²) in [6.07, 6.45) is 0.704. The third-order valence-electron chi connectivity index (χ3n) is 0.249. The highest BCUT2D eigenvalue weighted by molar-refractivity contribution is 7.85. The molecular weight excluding hydrogens is 151 g/mol. The third-order valence-corrected chi connectivity index (χ3v) is 0.575. The molecule has 8 heteroatoms. The Kier molecular flexibility index (Phi) is 3.08. The Morgan fingerprint density at radius 1 is 1.44 bits per heavy atom. The van der Waals surface area contributed by atoms with E-state index in [1.54, 1.807) is 0 Å². The van der Waals surface area contributed by atoms with Crippen molar-refractivity contribution in [2.24, 2.45) is 0 Å². The van der Waals surface area contributed by atoms with Gasteiger partial charge < -0.3 is 10.0 Å². The van der Waals surface area contributed by atoms with Crippen molar-refractivity contribution < 1.29 is 27.6 Å². The lowest BCUT2D eigenvalue weighted by molar-refractivity contribution is -0.130. The zero-order valence-electron chi connectivity index (χ0n) is 4.51. The van der Waals surface area contributed by atoms with E-state index >= 15 is 0 Å². The standard InChI is InChI=1S/CH5BO6S/c1-9(5,6)8-7-2(3)4/h3-4H,1H3. The van der Waals surface area contributed by atoms with Crippen molar-refractivity contribution >= 4 is 17.4 Å². The molecule has 0 aliphatic rings. The minimum atomic E-state index is -3.76. The zero-order valence-corrected chi connectivity index (χ0v) is 5.33. The fraction of sp³-hybridized carbons (Fsp3) is 1.00. The van der Waals surface area contributed by atoms with Gasteiger partial charge in [0.25, 0.3) is 10.1 Å². The zero-order chi connectivity index (χ0) is 7.49. The lowest BCUT2D eigenvalue weighted by atomic mass is 10.3. The maximum absolute atomic E-state index is 9.97. The summed E-state index contributed by atoms with van der Waals surface area (Å²) in [5.41, 5.74) is 0. The van der Waals surface area contributed by atoms with Crippen LogP contribution in [0.2, 0.25) is 0 Å². The lowest BCUT2D eigenvalue weighted by Gasteiger charge is -1.96. The molecule has 0 bridgehead atoms. The van der Waals surface area contributed by atoms with Crippen LogP contribution in [-0.4, -0.2) is 32.0 Å². The van der Waals surface area contributed by atoms with Crippen molar-refractivity contribution in [2.75, 3.05) is 6.26 Å². The molecule has 0 spiro atoms. The van der Waals surface area contributed by atoms with E-state index in [4.69, 9.17) is 10.0 Å². The highest BCUT2D eigenvalue weighted by atomic mass is 32.2. The second-order valence-electron chi connectivity index (χ2n) is 1.19. The summed E-state index contributed by atoms with van der Waals surface area (Å²) in [7, 11) is -6.00. The summed E-state index contributed by atoms with van der Waals surface area (Å²) in [5, 5.41) is 15.7. The molecule has 0 aromatic carbocycles. The van der Waals surface area contributed by atoms with E-state index in [1.807, 2.05) is 0 Å². The average molecular weight is 156 g/mol. The second-order valence-corrected chi connectivity index (χ2v) is 2.74. The summed E-state index contributed by atoms with van der Waals surface area (Å²) in [6, 6.07) is 0. The van der Waals surface area contributed by atoms with Gasteiger partial charge in [-0.15, -0.1) is 4.33 Å². The first-order valence-corrected chi connectivity index (χ1v) is 3.64. The van der Waals surface area contributed by atoms with Crippen LogP contribution in [0.15, 0.2) is 0 Å². The van der Waals surface area contributed by atoms with Gasteiger partial charge in [0.05, 0.1) is 6.26 Å². The Balaban J connectivity index is 3.53. The molecule has 0 aliphatic carbocycles. The maximum Gasteiger partial charge on any atom is 0.663 e. The maximum atomic E-state index is 9.97. The molecule has 2 N–H and O–H groups in total. The molecule has 6 nitrogen and oxygen atoms in total. The molecule has 0 aromatic heterocycles. The molecule has 0 saturated carbocycles. The van der Waals surface area contributed by atoms with E-state index in [0.29, 0.717) is 6.26 Å². The molecule has 54 valence electrons. The van der Waals surface area contributed by atoms with Crippen molar-refractivity contribution in [2.45, 2.75) is 0 Å². The van der Waals surface area contributed by atoms with E-state index < -0.39 is 17.4 Å². The highest BCUT2D eigenvalue weighted by Crippen LogP contribution is 1.87. The van der Waals surface area contributed by atoms with Gasteiger partial charge in [0.1, 0.15) is 0 Å². The van der Waals surface area contributed by atoms with Crippen LogP contribution in [0.5, 0.6) is 0 Å². The first-order valence-electron chi connectivity index (χ1n) is 1.83.